The van der Waals surface area contributed by atoms with Crippen LogP contribution in [0, 0.1) is 6.07 Å². The first-order chi connectivity index (χ1) is 6.36. The lowest BCUT2D eigenvalue weighted by Gasteiger charge is -1.99. The SMILES string of the molecule is Nc1ccc(-c2[c]ccnc2)cc1. The minimum Gasteiger partial charge on any atom is -0.399 e. The molecule has 63 valence electrons. The second-order valence-corrected chi connectivity index (χ2v) is 2.77. The first kappa shape index (κ1) is 7.80. The number of hydrogen-bond acceptors (Lipinski definition) is 2. The third kappa shape index (κ3) is 1.67. The standard InChI is InChI=1S/C11H9N2/c12-11-5-3-9(4-6-11)10-2-1-7-13-8-10/h1,3-8H,12H2. The van der Waals surface area contributed by atoms with Gasteiger partial charge in [0.2, 0.25) is 0 Å². The first-order valence-electron chi connectivity index (χ1n) is 4.04. The van der Waals surface area contributed by atoms with E-state index in [1.54, 1.807) is 18.5 Å². The highest BCUT2D eigenvalue weighted by molar-refractivity contribution is 5.63. The van der Waals surface area contributed by atoms with Gasteiger partial charge in [-0.3, -0.25) is 4.98 Å². The fourth-order valence-electron chi connectivity index (χ4n) is 1.15. The van der Waals surface area contributed by atoms with Gasteiger partial charge in [0.1, 0.15) is 0 Å². The van der Waals surface area contributed by atoms with Crippen LogP contribution in [0.1, 0.15) is 0 Å². The van der Waals surface area contributed by atoms with Crippen LogP contribution in [-0.2, 0) is 0 Å². The monoisotopic (exact) mass is 169 g/mol. The van der Waals surface area contributed by atoms with Crippen LogP contribution in [0.2, 0.25) is 0 Å². The van der Waals surface area contributed by atoms with E-state index < -0.39 is 0 Å². The van der Waals surface area contributed by atoms with Gasteiger partial charge in [-0.15, -0.1) is 0 Å². The minimum absolute atomic E-state index is 0.771. The summed E-state index contributed by atoms with van der Waals surface area (Å²) in [6, 6.07) is 12.6. The third-order valence-corrected chi connectivity index (χ3v) is 1.82. The van der Waals surface area contributed by atoms with Crippen molar-refractivity contribution in [2.24, 2.45) is 0 Å². The summed E-state index contributed by atoms with van der Waals surface area (Å²) in [6.07, 6.45) is 3.49. The Morgan fingerprint density at radius 2 is 1.92 bits per heavy atom. The Bertz CT molecular complexity index is 379. The molecule has 1 aromatic heterocycles. The summed E-state index contributed by atoms with van der Waals surface area (Å²) in [4.78, 5) is 4.02. The molecule has 0 atom stereocenters. The smallest absolute Gasteiger partial charge is 0.0352 e. The van der Waals surface area contributed by atoms with Crippen molar-refractivity contribution in [2.45, 2.75) is 0 Å². The summed E-state index contributed by atoms with van der Waals surface area (Å²) < 4.78 is 0. The zero-order valence-electron chi connectivity index (χ0n) is 7.07. The summed E-state index contributed by atoms with van der Waals surface area (Å²) in [5.41, 5.74) is 8.42. The molecule has 0 bridgehead atoms. The Balaban J connectivity index is 2.42. The van der Waals surface area contributed by atoms with Gasteiger partial charge in [0.15, 0.2) is 0 Å². The highest BCUT2D eigenvalue weighted by Gasteiger charge is 1.95. The number of rotatable bonds is 1. The molecule has 0 aliphatic carbocycles. The van der Waals surface area contributed by atoms with Gasteiger partial charge in [-0.1, -0.05) is 12.1 Å². The second-order valence-electron chi connectivity index (χ2n) is 2.77. The second kappa shape index (κ2) is 3.27. The Labute approximate surface area is 77.0 Å². The molecular formula is C11H9N2. The number of benzene rings is 1. The van der Waals surface area contributed by atoms with Crippen molar-refractivity contribution in [1.82, 2.24) is 4.98 Å². The van der Waals surface area contributed by atoms with Crippen LogP contribution >= 0.6 is 0 Å². The Kier molecular flexibility index (Phi) is 1.96. The Morgan fingerprint density at radius 3 is 2.54 bits per heavy atom. The molecule has 1 radical (unpaired) electrons. The summed E-state index contributed by atoms with van der Waals surface area (Å²) >= 11 is 0. The van der Waals surface area contributed by atoms with E-state index in [1.807, 2.05) is 24.3 Å². The fourth-order valence-corrected chi connectivity index (χ4v) is 1.15. The molecule has 2 rings (SSSR count). The van der Waals surface area contributed by atoms with Gasteiger partial charge in [-0.2, -0.15) is 0 Å². The number of nitrogen functional groups attached to an aromatic ring is 1. The number of nitrogens with zero attached hydrogens (tertiary/aromatic N) is 1. The Morgan fingerprint density at radius 1 is 1.15 bits per heavy atom. The molecule has 0 spiro atoms. The summed E-state index contributed by atoms with van der Waals surface area (Å²) in [5.74, 6) is 0. The van der Waals surface area contributed by atoms with Crippen LogP contribution < -0.4 is 5.73 Å². The molecule has 13 heavy (non-hydrogen) atoms. The number of nitrogens with two attached hydrogens (primary N) is 1. The maximum atomic E-state index is 5.58. The van der Waals surface area contributed by atoms with Crippen LogP contribution in [0.4, 0.5) is 5.69 Å². The lowest BCUT2D eigenvalue weighted by Crippen LogP contribution is -1.84. The molecule has 1 aromatic carbocycles. The highest BCUT2D eigenvalue weighted by atomic mass is 14.6. The molecule has 0 aliphatic heterocycles. The molecule has 1 heterocycles. The van der Waals surface area contributed by atoms with E-state index in [0.29, 0.717) is 0 Å². The molecule has 0 saturated carbocycles. The van der Waals surface area contributed by atoms with Crippen LogP contribution in [0.5, 0.6) is 0 Å². The maximum Gasteiger partial charge on any atom is 0.0352 e. The van der Waals surface area contributed by atoms with Gasteiger partial charge in [0.25, 0.3) is 0 Å². The highest BCUT2D eigenvalue weighted by Crippen LogP contribution is 2.18. The zero-order valence-corrected chi connectivity index (χ0v) is 7.07. The quantitative estimate of drug-likeness (QED) is 0.664. The number of hydrogen-bond donors (Lipinski definition) is 1. The number of aromatic nitrogens is 1. The molecule has 0 amide bonds. The predicted molar refractivity (Wildman–Crippen MR) is 52.9 cm³/mol. The largest absolute Gasteiger partial charge is 0.399 e. The lowest BCUT2D eigenvalue weighted by atomic mass is 10.1. The van der Waals surface area contributed by atoms with Gasteiger partial charge in [-0.05, 0) is 29.8 Å². The van der Waals surface area contributed by atoms with Crippen LogP contribution in [0.3, 0.4) is 0 Å². The summed E-state index contributed by atoms with van der Waals surface area (Å²) in [6.45, 7) is 0. The molecule has 0 aliphatic rings. The van der Waals surface area contributed by atoms with Crippen molar-refractivity contribution in [3.8, 4) is 11.1 Å². The third-order valence-electron chi connectivity index (χ3n) is 1.82. The van der Waals surface area contributed by atoms with Crippen LogP contribution in [0.25, 0.3) is 11.1 Å². The van der Waals surface area contributed by atoms with Gasteiger partial charge in [-0.25, -0.2) is 0 Å². The molecule has 2 heteroatoms. The normalized spacial score (nSPS) is 9.85. The molecule has 0 unspecified atom stereocenters. The van der Waals surface area contributed by atoms with E-state index in [4.69, 9.17) is 5.73 Å². The fraction of sp³-hybridized carbons (Fsp3) is 0. The molecule has 0 saturated heterocycles. The van der Waals surface area contributed by atoms with Crippen molar-refractivity contribution in [1.29, 1.82) is 0 Å². The van der Waals surface area contributed by atoms with E-state index >= 15 is 0 Å². The molecule has 2 nitrogen and oxygen atoms in total. The minimum atomic E-state index is 0.771. The van der Waals surface area contributed by atoms with E-state index in [2.05, 4.69) is 11.1 Å². The molecule has 2 aromatic rings. The average molecular weight is 169 g/mol. The van der Waals surface area contributed by atoms with Crippen molar-refractivity contribution in [2.75, 3.05) is 5.73 Å². The van der Waals surface area contributed by atoms with Gasteiger partial charge >= 0.3 is 0 Å². The predicted octanol–water partition coefficient (Wildman–Crippen LogP) is 2.13. The van der Waals surface area contributed by atoms with E-state index in [0.717, 1.165) is 16.8 Å². The lowest BCUT2D eigenvalue weighted by molar-refractivity contribution is 1.33. The van der Waals surface area contributed by atoms with Crippen molar-refractivity contribution >= 4 is 5.69 Å². The topological polar surface area (TPSA) is 38.9 Å². The van der Waals surface area contributed by atoms with E-state index in [1.165, 1.54) is 0 Å². The maximum absolute atomic E-state index is 5.58. The summed E-state index contributed by atoms with van der Waals surface area (Å²) in [7, 11) is 0. The van der Waals surface area contributed by atoms with Crippen molar-refractivity contribution in [3.63, 3.8) is 0 Å². The van der Waals surface area contributed by atoms with Crippen LogP contribution in [0.15, 0.2) is 42.7 Å². The Hall–Kier alpha value is -1.83. The first-order valence-corrected chi connectivity index (χ1v) is 4.04. The van der Waals surface area contributed by atoms with Gasteiger partial charge in [0.05, 0.1) is 0 Å². The summed E-state index contributed by atoms with van der Waals surface area (Å²) in [5, 5.41) is 0. The van der Waals surface area contributed by atoms with Gasteiger partial charge < -0.3 is 5.73 Å². The van der Waals surface area contributed by atoms with Crippen molar-refractivity contribution < 1.29 is 0 Å². The average Bonchev–Trinajstić information content (AvgIpc) is 2.20. The molecule has 0 fully saturated rings. The number of anilines is 1. The number of pyridine rings is 1. The van der Waals surface area contributed by atoms with Crippen LogP contribution in [-0.4, -0.2) is 4.98 Å². The van der Waals surface area contributed by atoms with E-state index in [-0.39, 0.29) is 0 Å². The molecule has 2 N–H and O–H groups in total. The van der Waals surface area contributed by atoms with E-state index in [9.17, 15) is 0 Å². The van der Waals surface area contributed by atoms with Gasteiger partial charge in [0, 0.05) is 23.6 Å². The molecular weight excluding hydrogens is 160 g/mol. The zero-order chi connectivity index (χ0) is 9.10. The van der Waals surface area contributed by atoms with Crippen molar-refractivity contribution in [3.05, 3.63) is 48.8 Å².